The summed E-state index contributed by atoms with van der Waals surface area (Å²) >= 11 is 5.47. The second kappa shape index (κ2) is 5.59. The van der Waals surface area contributed by atoms with Crippen LogP contribution < -0.4 is 14.8 Å². The third-order valence-electron chi connectivity index (χ3n) is 2.27. The Labute approximate surface area is 104 Å². The van der Waals surface area contributed by atoms with Gasteiger partial charge in [0.2, 0.25) is 6.79 Å². The number of allylic oxidation sites excluding steroid dienone is 1. The normalized spacial score (nSPS) is 13.0. The molecule has 1 heterocycles. The molecule has 0 saturated heterocycles. The fourth-order valence-corrected chi connectivity index (χ4v) is 1.56. The van der Waals surface area contributed by atoms with Gasteiger partial charge in [0.15, 0.2) is 11.5 Å². The van der Waals surface area contributed by atoms with Gasteiger partial charge in [0, 0.05) is 18.0 Å². The van der Waals surface area contributed by atoms with Crippen molar-refractivity contribution in [2.75, 3.05) is 19.2 Å². The maximum atomic E-state index is 11.7. The fraction of sp³-hybridized carbons (Fsp3) is 0.250. The van der Waals surface area contributed by atoms with Crippen LogP contribution in [0.2, 0.25) is 0 Å². The summed E-state index contributed by atoms with van der Waals surface area (Å²) in [6.07, 6.45) is 3.58. The van der Waals surface area contributed by atoms with Gasteiger partial charge < -0.3 is 14.8 Å². The van der Waals surface area contributed by atoms with E-state index in [-0.39, 0.29) is 12.7 Å². The molecule has 0 radical (unpaired) electrons. The van der Waals surface area contributed by atoms with E-state index in [9.17, 15) is 4.79 Å². The van der Waals surface area contributed by atoms with Crippen molar-refractivity contribution in [3.8, 4) is 11.5 Å². The Balaban J connectivity index is 1.97. The molecule has 0 aliphatic carbocycles. The molecule has 0 atom stereocenters. The van der Waals surface area contributed by atoms with Gasteiger partial charge in [0.25, 0.3) is 5.91 Å². The second-order valence-corrected chi connectivity index (χ2v) is 3.71. The Kier molecular flexibility index (Phi) is 3.88. The SMILES string of the molecule is O=C(NC/C=C/CCl)c1ccc2c(c1)OCO2. The van der Waals surface area contributed by atoms with Crippen LogP contribution in [0.3, 0.4) is 0 Å². The molecule has 2 rings (SSSR count). The number of hydrogen-bond donors (Lipinski definition) is 1. The first-order valence-corrected chi connectivity index (χ1v) is 5.73. The van der Waals surface area contributed by atoms with Crippen molar-refractivity contribution in [1.82, 2.24) is 5.32 Å². The minimum atomic E-state index is -0.150. The summed E-state index contributed by atoms with van der Waals surface area (Å²) in [4.78, 5) is 11.7. The molecule has 1 aromatic rings. The number of halogens is 1. The fourth-order valence-electron chi connectivity index (χ4n) is 1.44. The minimum Gasteiger partial charge on any atom is -0.454 e. The molecular formula is C12H12ClNO3. The lowest BCUT2D eigenvalue weighted by molar-refractivity contribution is 0.0957. The van der Waals surface area contributed by atoms with E-state index in [0.29, 0.717) is 29.5 Å². The van der Waals surface area contributed by atoms with E-state index in [4.69, 9.17) is 21.1 Å². The van der Waals surface area contributed by atoms with Crippen LogP contribution in [0.25, 0.3) is 0 Å². The van der Waals surface area contributed by atoms with Crippen molar-refractivity contribution in [3.05, 3.63) is 35.9 Å². The predicted molar refractivity (Wildman–Crippen MR) is 64.8 cm³/mol. The highest BCUT2D eigenvalue weighted by molar-refractivity contribution is 6.18. The Hall–Kier alpha value is -1.68. The van der Waals surface area contributed by atoms with E-state index < -0.39 is 0 Å². The molecule has 0 unspecified atom stereocenters. The number of amides is 1. The number of nitrogens with one attached hydrogen (secondary N) is 1. The number of fused-ring (bicyclic) bond motifs is 1. The minimum absolute atomic E-state index is 0.150. The van der Waals surface area contributed by atoms with Crippen molar-refractivity contribution >= 4 is 17.5 Å². The molecule has 0 aromatic heterocycles. The van der Waals surface area contributed by atoms with Gasteiger partial charge in [-0.1, -0.05) is 12.2 Å². The van der Waals surface area contributed by atoms with Gasteiger partial charge in [0.05, 0.1) is 0 Å². The number of carbonyl (C=O) groups excluding carboxylic acids is 1. The first kappa shape index (κ1) is 11.8. The largest absolute Gasteiger partial charge is 0.454 e. The van der Waals surface area contributed by atoms with Gasteiger partial charge in [-0.3, -0.25) is 4.79 Å². The maximum absolute atomic E-state index is 11.7. The summed E-state index contributed by atoms with van der Waals surface area (Å²) in [6.45, 7) is 0.666. The molecule has 5 heteroatoms. The highest BCUT2D eigenvalue weighted by Crippen LogP contribution is 2.32. The number of carbonyl (C=O) groups is 1. The molecule has 1 amide bonds. The molecule has 1 aromatic carbocycles. The molecule has 90 valence electrons. The Bertz CT molecular complexity index is 445. The van der Waals surface area contributed by atoms with Crippen molar-refractivity contribution in [2.45, 2.75) is 0 Å². The monoisotopic (exact) mass is 253 g/mol. The van der Waals surface area contributed by atoms with E-state index in [2.05, 4.69) is 5.32 Å². The summed E-state index contributed by atoms with van der Waals surface area (Å²) in [5.41, 5.74) is 0.550. The molecule has 0 bridgehead atoms. The van der Waals surface area contributed by atoms with Crippen molar-refractivity contribution in [1.29, 1.82) is 0 Å². The van der Waals surface area contributed by atoms with Crippen LogP contribution in [0.4, 0.5) is 0 Å². The molecule has 1 aliphatic heterocycles. The van der Waals surface area contributed by atoms with E-state index >= 15 is 0 Å². The Morgan fingerprint density at radius 3 is 3.00 bits per heavy atom. The average Bonchev–Trinajstić information content (AvgIpc) is 2.81. The standard InChI is InChI=1S/C12H12ClNO3/c13-5-1-2-6-14-12(15)9-3-4-10-11(7-9)17-8-16-10/h1-4,7H,5-6,8H2,(H,14,15)/b2-1+. The third kappa shape index (κ3) is 2.91. The number of alkyl halides is 1. The third-order valence-corrected chi connectivity index (χ3v) is 2.45. The van der Waals surface area contributed by atoms with Crippen molar-refractivity contribution in [2.24, 2.45) is 0 Å². The summed E-state index contributed by atoms with van der Waals surface area (Å²) in [5, 5.41) is 2.74. The summed E-state index contributed by atoms with van der Waals surface area (Å²) in [7, 11) is 0. The average molecular weight is 254 g/mol. The van der Waals surface area contributed by atoms with Crippen LogP contribution in [0, 0.1) is 0 Å². The van der Waals surface area contributed by atoms with Crippen LogP contribution in [0.15, 0.2) is 30.4 Å². The van der Waals surface area contributed by atoms with Crippen LogP contribution in [-0.4, -0.2) is 25.1 Å². The number of ether oxygens (including phenoxy) is 2. The van der Waals surface area contributed by atoms with E-state index in [1.54, 1.807) is 30.4 Å². The van der Waals surface area contributed by atoms with Crippen LogP contribution in [0.5, 0.6) is 11.5 Å². The van der Waals surface area contributed by atoms with Crippen molar-refractivity contribution in [3.63, 3.8) is 0 Å². The second-order valence-electron chi connectivity index (χ2n) is 3.40. The lowest BCUT2D eigenvalue weighted by Gasteiger charge is -2.03. The van der Waals surface area contributed by atoms with Crippen LogP contribution >= 0.6 is 11.6 Å². The summed E-state index contributed by atoms with van der Waals surface area (Å²) < 4.78 is 10.4. The smallest absolute Gasteiger partial charge is 0.251 e. The van der Waals surface area contributed by atoms with Crippen LogP contribution in [-0.2, 0) is 0 Å². The zero-order valence-electron chi connectivity index (χ0n) is 9.11. The summed E-state index contributed by atoms with van der Waals surface area (Å²) in [5.74, 6) is 1.57. The number of rotatable bonds is 4. The molecule has 0 fully saturated rings. The molecule has 1 N–H and O–H groups in total. The lowest BCUT2D eigenvalue weighted by atomic mass is 10.2. The van der Waals surface area contributed by atoms with Gasteiger partial charge in [-0.2, -0.15) is 0 Å². The zero-order valence-corrected chi connectivity index (χ0v) is 9.87. The van der Waals surface area contributed by atoms with E-state index in [0.717, 1.165) is 0 Å². The molecular weight excluding hydrogens is 242 g/mol. The molecule has 0 spiro atoms. The van der Waals surface area contributed by atoms with Gasteiger partial charge in [-0.25, -0.2) is 0 Å². The summed E-state index contributed by atoms with van der Waals surface area (Å²) in [6, 6.07) is 5.10. The maximum Gasteiger partial charge on any atom is 0.251 e. The van der Waals surface area contributed by atoms with Gasteiger partial charge in [0.1, 0.15) is 0 Å². The van der Waals surface area contributed by atoms with Gasteiger partial charge in [-0.15, -0.1) is 11.6 Å². The molecule has 17 heavy (non-hydrogen) atoms. The van der Waals surface area contributed by atoms with Gasteiger partial charge >= 0.3 is 0 Å². The van der Waals surface area contributed by atoms with E-state index in [1.807, 2.05) is 0 Å². The van der Waals surface area contributed by atoms with Crippen molar-refractivity contribution < 1.29 is 14.3 Å². The first-order valence-electron chi connectivity index (χ1n) is 5.20. The Morgan fingerprint density at radius 2 is 2.18 bits per heavy atom. The van der Waals surface area contributed by atoms with E-state index in [1.165, 1.54) is 0 Å². The molecule has 4 nitrogen and oxygen atoms in total. The topological polar surface area (TPSA) is 47.6 Å². The molecule has 1 aliphatic rings. The predicted octanol–water partition coefficient (Wildman–Crippen LogP) is 1.94. The highest BCUT2D eigenvalue weighted by Gasteiger charge is 2.15. The lowest BCUT2D eigenvalue weighted by Crippen LogP contribution is -2.23. The van der Waals surface area contributed by atoms with Gasteiger partial charge in [-0.05, 0) is 18.2 Å². The number of benzene rings is 1. The Morgan fingerprint density at radius 1 is 1.35 bits per heavy atom. The highest BCUT2D eigenvalue weighted by atomic mass is 35.5. The first-order chi connectivity index (χ1) is 8.31. The van der Waals surface area contributed by atoms with Crippen LogP contribution in [0.1, 0.15) is 10.4 Å². The molecule has 0 saturated carbocycles. The quantitative estimate of drug-likeness (QED) is 0.659. The number of hydrogen-bond acceptors (Lipinski definition) is 3. The zero-order chi connectivity index (χ0) is 12.1.